The van der Waals surface area contributed by atoms with Crippen molar-refractivity contribution in [3.05, 3.63) is 47.7 Å². The average Bonchev–Trinajstić information content (AvgIpc) is 3.31. The quantitative estimate of drug-likeness (QED) is 0.903. The van der Waals surface area contributed by atoms with Crippen LogP contribution in [-0.4, -0.2) is 36.3 Å². The lowest BCUT2D eigenvalue weighted by Crippen LogP contribution is -2.47. The van der Waals surface area contributed by atoms with Gasteiger partial charge in [0.1, 0.15) is 11.5 Å². The fraction of sp³-hybridized carbons (Fsp3) is 0.455. The Labute approximate surface area is 159 Å². The Balaban J connectivity index is 1.33. The first-order chi connectivity index (χ1) is 13.1. The number of hydrogen-bond donors (Lipinski definition) is 1. The van der Waals surface area contributed by atoms with Crippen LogP contribution >= 0.6 is 0 Å². The molecule has 3 heterocycles. The molecule has 1 N–H and O–H groups in total. The zero-order chi connectivity index (χ0) is 18.9. The largest absolute Gasteiger partial charge is 0.461 e. The zero-order valence-electron chi connectivity index (χ0n) is 15.8. The molecule has 0 unspecified atom stereocenters. The first-order valence-electron chi connectivity index (χ1n) is 9.78. The van der Waals surface area contributed by atoms with E-state index in [2.05, 4.69) is 24.4 Å². The molecule has 142 valence electrons. The summed E-state index contributed by atoms with van der Waals surface area (Å²) in [5.74, 6) is 1.89. The molecule has 2 saturated heterocycles. The Kier molecular flexibility index (Phi) is 4.77. The van der Waals surface area contributed by atoms with Gasteiger partial charge in [-0.25, -0.2) is 0 Å². The van der Waals surface area contributed by atoms with Gasteiger partial charge in [-0.15, -0.1) is 0 Å². The van der Waals surface area contributed by atoms with Crippen molar-refractivity contribution in [2.24, 2.45) is 5.41 Å². The maximum Gasteiger partial charge on any atom is 0.228 e. The molecule has 2 aliphatic rings. The third kappa shape index (κ3) is 3.64. The highest BCUT2D eigenvalue weighted by molar-refractivity contribution is 5.86. The minimum atomic E-state index is -0.350. The van der Waals surface area contributed by atoms with Gasteiger partial charge in [0.05, 0.1) is 5.41 Å². The third-order valence-corrected chi connectivity index (χ3v) is 5.89. The van der Waals surface area contributed by atoms with Crippen LogP contribution in [0.15, 0.2) is 40.8 Å². The van der Waals surface area contributed by atoms with E-state index in [4.69, 9.17) is 4.42 Å². The molecule has 0 radical (unpaired) electrons. The Bertz CT molecular complexity index is 839. The number of carbonyl (C=O) groups is 2. The van der Waals surface area contributed by atoms with Gasteiger partial charge in [-0.3, -0.25) is 9.59 Å². The number of benzene rings is 1. The normalized spacial score (nSPS) is 22.3. The Morgan fingerprint density at radius 2 is 2.00 bits per heavy atom. The van der Waals surface area contributed by atoms with E-state index in [9.17, 15) is 9.59 Å². The number of carbonyl (C=O) groups excluding carboxylic acids is 2. The fourth-order valence-electron chi connectivity index (χ4n) is 4.18. The molecule has 1 atom stereocenters. The molecule has 2 fully saturated rings. The summed E-state index contributed by atoms with van der Waals surface area (Å²) in [6.07, 6.45) is 3.67. The number of hydrogen-bond acceptors (Lipinski definition) is 3. The molecule has 2 aliphatic heterocycles. The van der Waals surface area contributed by atoms with Crippen molar-refractivity contribution >= 4 is 11.8 Å². The van der Waals surface area contributed by atoms with E-state index >= 15 is 0 Å². The van der Waals surface area contributed by atoms with E-state index < -0.39 is 0 Å². The number of piperidine rings is 1. The van der Waals surface area contributed by atoms with E-state index in [1.54, 1.807) is 0 Å². The molecule has 27 heavy (non-hydrogen) atoms. The second-order valence-corrected chi connectivity index (χ2v) is 7.84. The standard InChI is InChI=1S/C22H26N2O3/c1-16-3-5-17(6-4-16)19-9-7-18(27-19)8-10-20(25)24-14-12-22(15-24)11-2-13-23-21(22)26/h3-7,9H,2,8,10-15H2,1H3,(H,23,26)/t22-/m0/s1. The Morgan fingerprint density at radius 3 is 2.78 bits per heavy atom. The van der Waals surface area contributed by atoms with Crippen molar-refractivity contribution in [1.82, 2.24) is 10.2 Å². The van der Waals surface area contributed by atoms with E-state index in [-0.39, 0.29) is 17.2 Å². The van der Waals surface area contributed by atoms with Crippen LogP contribution in [0.2, 0.25) is 0 Å². The van der Waals surface area contributed by atoms with Crippen LogP contribution in [0.1, 0.15) is 37.0 Å². The second-order valence-electron chi connectivity index (χ2n) is 7.84. The summed E-state index contributed by atoms with van der Waals surface area (Å²) < 4.78 is 5.91. The smallest absolute Gasteiger partial charge is 0.228 e. The molecule has 5 heteroatoms. The van der Waals surface area contributed by atoms with E-state index in [1.807, 2.05) is 29.2 Å². The van der Waals surface area contributed by atoms with Gasteiger partial charge in [-0.2, -0.15) is 0 Å². The predicted octanol–water partition coefficient (Wildman–Crippen LogP) is 3.32. The summed E-state index contributed by atoms with van der Waals surface area (Å²) in [6, 6.07) is 12.1. The van der Waals surface area contributed by atoms with Crippen LogP contribution in [0.25, 0.3) is 11.3 Å². The molecule has 0 bridgehead atoms. The highest BCUT2D eigenvalue weighted by Crippen LogP contribution is 2.37. The monoisotopic (exact) mass is 366 g/mol. The van der Waals surface area contributed by atoms with Gasteiger partial charge in [0, 0.05) is 38.0 Å². The topological polar surface area (TPSA) is 62.6 Å². The Hall–Kier alpha value is -2.56. The lowest BCUT2D eigenvalue weighted by Gasteiger charge is -2.32. The molecule has 1 spiro atoms. The molecule has 0 aliphatic carbocycles. The number of amides is 2. The van der Waals surface area contributed by atoms with Crippen molar-refractivity contribution in [3.8, 4) is 11.3 Å². The number of furan rings is 1. The number of aryl methyl sites for hydroxylation is 2. The number of nitrogens with zero attached hydrogens (tertiary/aromatic N) is 1. The van der Waals surface area contributed by atoms with E-state index in [0.29, 0.717) is 25.9 Å². The SMILES string of the molecule is Cc1ccc(-c2ccc(CCC(=O)N3CC[C@@]4(CCCNC4=O)C3)o2)cc1. The minimum Gasteiger partial charge on any atom is -0.461 e. The number of likely N-dealkylation sites (tertiary alicyclic amines) is 1. The fourth-order valence-corrected chi connectivity index (χ4v) is 4.18. The van der Waals surface area contributed by atoms with Gasteiger partial charge in [-0.05, 0) is 38.3 Å². The van der Waals surface area contributed by atoms with Gasteiger partial charge in [0.15, 0.2) is 0 Å². The zero-order valence-corrected chi connectivity index (χ0v) is 15.8. The van der Waals surface area contributed by atoms with Crippen molar-refractivity contribution in [2.45, 2.75) is 39.0 Å². The maximum atomic E-state index is 12.6. The van der Waals surface area contributed by atoms with Crippen molar-refractivity contribution in [2.75, 3.05) is 19.6 Å². The second kappa shape index (κ2) is 7.22. The minimum absolute atomic E-state index is 0.110. The summed E-state index contributed by atoms with van der Waals surface area (Å²) in [5, 5.41) is 2.96. The molecule has 2 amide bonds. The summed E-state index contributed by atoms with van der Waals surface area (Å²) in [7, 11) is 0. The Morgan fingerprint density at radius 1 is 1.19 bits per heavy atom. The predicted molar refractivity (Wildman–Crippen MR) is 103 cm³/mol. The van der Waals surface area contributed by atoms with Gasteiger partial charge >= 0.3 is 0 Å². The summed E-state index contributed by atoms with van der Waals surface area (Å²) in [5.41, 5.74) is 1.91. The van der Waals surface area contributed by atoms with Crippen molar-refractivity contribution < 1.29 is 14.0 Å². The molecule has 1 aromatic carbocycles. The lowest BCUT2D eigenvalue weighted by molar-refractivity contribution is -0.134. The molecular formula is C22H26N2O3. The van der Waals surface area contributed by atoms with Gasteiger partial charge in [0.25, 0.3) is 0 Å². The number of rotatable bonds is 4. The highest BCUT2D eigenvalue weighted by atomic mass is 16.3. The highest BCUT2D eigenvalue weighted by Gasteiger charge is 2.46. The van der Waals surface area contributed by atoms with Gasteiger partial charge in [-0.1, -0.05) is 29.8 Å². The molecule has 1 aromatic heterocycles. The summed E-state index contributed by atoms with van der Waals surface area (Å²) >= 11 is 0. The van der Waals surface area contributed by atoms with Crippen LogP contribution in [0.5, 0.6) is 0 Å². The molecule has 4 rings (SSSR count). The van der Waals surface area contributed by atoms with Crippen molar-refractivity contribution in [1.29, 1.82) is 0 Å². The third-order valence-electron chi connectivity index (χ3n) is 5.89. The van der Waals surface area contributed by atoms with Crippen LogP contribution in [0, 0.1) is 12.3 Å². The first-order valence-corrected chi connectivity index (χ1v) is 9.78. The van der Waals surface area contributed by atoms with Crippen LogP contribution in [0.3, 0.4) is 0 Å². The maximum absolute atomic E-state index is 12.6. The summed E-state index contributed by atoms with van der Waals surface area (Å²) in [6.45, 7) is 4.06. The van der Waals surface area contributed by atoms with E-state index in [1.165, 1.54) is 5.56 Å². The van der Waals surface area contributed by atoms with Crippen LogP contribution in [-0.2, 0) is 16.0 Å². The van der Waals surface area contributed by atoms with E-state index in [0.717, 1.165) is 42.9 Å². The molecule has 2 aromatic rings. The first kappa shape index (κ1) is 17.8. The van der Waals surface area contributed by atoms with Gasteiger partial charge in [0.2, 0.25) is 11.8 Å². The van der Waals surface area contributed by atoms with Gasteiger partial charge < -0.3 is 14.6 Å². The summed E-state index contributed by atoms with van der Waals surface area (Å²) in [4.78, 5) is 26.7. The molecule has 0 saturated carbocycles. The number of nitrogens with one attached hydrogen (secondary N) is 1. The molecular weight excluding hydrogens is 340 g/mol. The van der Waals surface area contributed by atoms with Crippen LogP contribution < -0.4 is 5.32 Å². The van der Waals surface area contributed by atoms with Crippen LogP contribution in [0.4, 0.5) is 0 Å². The average molecular weight is 366 g/mol. The lowest BCUT2D eigenvalue weighted by atomic mass is 9.79. The molecule has 5 nitrogen and oxygen atoms in total. The van der Waals surface area contributed by atoms with Crippen molar-refractivity contribution in [3.63, 3.8) is 0 Å².